The van der Waals surface area contributed by atoms with Gasteiger partial charge in [0.2, 0.25) is 5.95 Å². The molecule has 4 N–H and O–H groups in total. The summed E-state index contributed by atoms with van der Waals surface area (Å²) >= 11 is 0. The van der Waals surface area contributed by atoms with Gasteiger partial charge in [0.25, 0.3) is 0 Å². The number of nitrogens with two attached hydrogens (primary N) is 2. The average Bonchev–Trinajstić information content (AvgIpc) is 2.77. The van der Waals surface area contributed by atoms with Crippen LogP contribution in [0.5, 0.6) is 0 Å². The van der Waals surface area contributed by atoms with Crippen molar-refractivity contribution in [3.8, 4) is 0 Å². The number of rotatable bonds is 2. The normalized spacial score (nSPS) is 22.2. The van der Waals surface area contributed by atoms with E-state index < -0.39 is 0 Å². The molecule has 0 saturated carbocycles. The van der Waals surface area contributed by atoms with Gasteiger partial charge in [0.05, 0.1) is 6.54 Å². The molecule has 2 aromatic rings. The van der Waals surface area contributed by atoms with Gasteiger partial charge in [0, 0.05) is 18.9 Å². The number of nitrogens with zero attached hydrogens (tertiary/aromatic N) is 3. The highest BCUT2D eigenvalue weighted by Crippen LogP contribution is 2.33. The second-order valence-corrected chi connectivity index (χ2v) is 5.30. The van der Waals surface area contributed by atoms with Crippen LogP contribution >= 0.6 is 0 Å². The summed E-state index contributed by atoms with van der Waals surface area (Å²) < 4.78 is 1.94. The summed E-state index contributed by atoms with van der Waals surface area (Å²) in [7, 11) is 0. The van der Waals surface area contributed by atoms with Crippen molar-refractivity contribution in [3.05, 3.63) is 41.2 Å². The van der Waals surface area contributed by atoms with Crippen LogP contribution in [0.4, 0.5) is 5.95 Å². The van der Waals surface area contributed by atoms with E-state index in [0.717, 1.165) is 24.4 Å². The zero-order valence-electron chi connectivity index (χ0n) is 11.1. The first-order valence-corrected chi connectivity index (χ1v) is 6.65. The Hall–Kier alpha value is -1.88. The van der Waals surface area contributed by atoms with Crippen molar-refractivity contribution in [1.29, 1.82) is 0 Å². The Morgan fingerprint density at radius 1 is 1.32 bits per heavy atom. The maximum atomic E-state index is 5.67. The molecule has 0 fully saturated rings. The van der Waals surface area contributed by atoms with Crippen molar-refractivity contribution in [1.82, 2.24) is 14.8 Å². The smallest absolute Gasteiger partial charge is 0.239 e. The first-order valence-electron chi connectivity index (χ1n) is 6.65. The van der Waals surface area contributed by atoms with Gasteiger partial charge in [-0.3, -0.25) is 0 Å². The number of benzene rings is 1. The minimum absolute atomic E-state index is 0.376. The highest BCUT2D eigenvalue weighted by atomic mass is 15.4. The van der Waals surface area contributed by atoms with Crippen molar-refractivity contribution in [3.63, 3.8) is 0 Å². The summed E-state index contributed by atoms with van der Waals surface area (Å²) in [6.45, 7) is 3.70. The summed E-state index contributed by atoms with van der Waals surface area (Å²) in [5.41, 5.74) is 13.8. The molecule has 5 heteroatoms. The molecule has 0 radical (unpaired) electrons. The van der Waals surface area contributed by atoms with E-state index in [2.05, 4.69) is 41.3 Å². The predicted molar refractivity (Wildman–Crippen MR) is 74.4 cm³/mol. The lowest BCUT2D eigenvalue weighted by Crippen LogP contribution is -2.27. The van der Waals surface area contributed by atoms with Gasteiger partial charge in [0.15, 0.2) is 0 Å². The number of aromatic nitrogens is 3. The molecule has 0 bridgehead atoms. The molecule has 2 atom stereocenters. The molecule has 100 valence electrons. The predicted octanol–water partition coefficient (Wildman–Crippen LogP) is 1.29. The van der Waals surface area contributed by atoms with Crippen molar-refractivity contribution in [2.45, 2.75) is 32.4 Å². The quantitative estimate of drug-likeness (QED) is 0.849. The van der Waals surface area contributed by atoms with Crippen LogP contribution in [0.15, 0.2) is 24.3 Å². The topological polar surface area (TPSA) is 82.8 Å². The lowest BCUT2D eigenvalue weighted by atomic mass is 9.82. The molecule has 0 amide bonds. The van der Waals surface area contributed by atoms with Crippen LogP contribution in [0.1, 0.15) is 29.8 Å². The van der Waals surface area contributed by atoms with Crippen molar-refractivity contribution < 1.29 is 0 Å². The van der Waals surface area contributed by atoms with Gasteiger partial charge >= 0.3 is 0 Å². The van der Waals surface area contributed by atoms with Crippen LogP contribution in [0.3, 0.4) is 0 Å². The van der Waals surface area contributed by atoms with Gasteiger partial charge < -0.3 is 11.5 Å². The Balaban J connectivity index is 1.88. The molecule has 19 heavy (non-hydrogen) atoms. The van der Waals surface area contributed by atoms with Gasteiger partial charge in [-0.25, -0.2) is 4.68 Å². The molecule has 2 unspecified atom stereocenters. The molecular weight excluding hydrogens is 238 g/mol. The number of nitrogen functional groups attached to an aromatic ring is 1. The van der Waals surface area contributed by atoms with E-state index >= 15 is 0 Å². The van der Waals surface area contributed by atoms with E-state index in [1.165, 1.54) is 5.56 Å². The van der Waals surface area contributed by atoms with Crippen LogP contribution in [0, 0.1) is 5.92 Å². The van der Waals surface area contributed by atoms with Crippen LogP contribution in [-0.2, 0) is 19.5 Å². The van der Waals surface area contributed by atoms with Gasteiger partial charge in [-0.05, 0) is 17.0 Å². The van der Waals surface area contributed by atoms with Crippen molar-refractivity contribution in [2.24, 2.45) is 11.7 Å². The Morgan fingerprint density at radius 3 is 2.74 bits per heavy atom. The third-order valence-electron chi connectivity index (χ3n) is 3.97. The fraction of sp³-hybridized carbons (Fsp3) is 0.429. The summed E-state index contributed by atoms with van der Waals surface area (Å²) in [5, 5.41) is 4.26. The van der Waals surface area contributed by atoms with E-state index in [4.69, 9.17) is 11.5 Å². The molecule has 0 aliphatic carbocycles. The Labute approximate surface area is 112 Å². The third kappa shape index (κ3) is 2.21. The summed E-state index contributed by atoms with van der Waals surface area (Å²) in [6, 6.07) is 8.56. The Bertz CT molecular complexity index is 572. The minimum Gasteiger partial charge on any atom is -0.366 e. The molecule has 3 rings (SSSR count). The van der Waals surface area contributed by atoms with Gasteiger partial charge in [-0.2, -0.15) is 4.98 Å². The lowest BCUT2D eigenvalue weighted by molar-refractivity contribution is 0.330. The van der Waals surface area contributed by atoms with Gasteiger partial charge in [-0.1, -0.05) is 31.2 Å². The second-order valence-electron chi connectivity index (χ2n) is 5.30. The standard InChI is InChI=1S/C14H19N5/c1-9-6-13-17-14(16)18-19(13)8-12(9)11-4-2-10(7-15)3-5-11/h2-5,9,12H,6-8,15H2,1H3,(H2,16,18). The first kappa shape index (κ1) is 12.2. The highest BCUT2D eigenvalue weighted by Gasteiger charge is 2.28. The van der Waals surface area contributed by atoms with Crippen LogP contribution in [0.2, 0.25) is 0 Å². The number of fused-ring (bicyclic) bond motifs is 1. The van der Waals surface area contributed by atoms with Crippen LogP contribution < -0.4 is 11.5 Å². The Kier molecular flexibility index (Phi) is 2.98. The lowest BCUT2D eigenvalue weighted by Gasteiger charge is -2.29. The number of hydrogen-bond acceptors (Lipinski definition) is 4. The SMILES string of the molecule is CC1Cc2nc(N)nn2CC1c1ccc(CN)cc1. The van der Waals surface area contributed by atoms with Crippen LogP contribution in [-0.4, -0.2) is 14.8 Å². The van der Waals surface area contributed by atoms with Crippen molar-refractivity contribution in [2.75, 3.05) is 5.73 Å². The minimum atomic E-state index is 0.376. The van der Waals surface area contributed by atoms with Gasteiger partial charge in [-0.15, -0.1) is 5.10 Å². The van der Waals surface area contributed by atoms with Gasteiger partial charge in [0.1, 0.15) is 5.82 Å². The summed E-state index contributed by atoms with van der Waals surface area (Å²) in [5.74, 6) is 2.38. The molecule has 0 saturated heterocycles. The van der Waals surface area contributed by atoms with E-state index in [1.54, 1.807) is 0 Å². The van der Waals surface area contributed by atoms with Crippen LogP contribution in [0.25, 0.3) is 0 Å². The summed E-state index contributed by atoms with van der Waals surface area (Å²) in [6.07, 6.45) is 0.924. The first-order chi connectivity index (χ1) is 9.17. The monoisotopic (exact) mass is 257 g/mol. The number of hydrogen-bond donors (Lipinski definition) is 2. The van der Waals surface area contributed by atoms with Crippen molar-refractivity contribution >= 4 is 5.95 Å². The fourth-order valence-electron chi connectivity index (χ4n) is 2.82. The molecular formula is C14H19N5. The molecule has 1 aliphatic rings. The van der Waals surface area contributed by atoms with E-state index in [0.29, 0.717) is 24.3 Å². The zero-order chi connectivity index (χ0) is 13.4. The van der Waals surface area contributed by atoms with E-state index in [-0.39, 0.29) is 0 Å². The summed E-state index contributed by atoms with van der Waals surface area (Å²) in [4.78, 5) is 4.27. The third-order valence-corrected chi connectivity index (χ3v) is 3.97. The van der Waals surface area contributed by atoms with E-state index in [1.807, 2.05) is 4.68 Å². The maximum Gasteiger partial charge on any atom is 0.239 e. The molecule has 2 heterocycles. The van der Waals surface area contributed by atoms with E-state index in [9.17, 15) is 0 Å². The molecule has 1 aromatic heterocycles. The molecule has 5 nitrogen and oxygen atoms in total. The Morgan fingerprint density at radius 2 is 2.05 bits per heavy atom. The molecule has 0 spiro atoms. The largest absolute Gasteiger partial charge is 0.366 e. The maximum absolute atomic E-state index is 5.67. The molecule has 1 aromatic carbocycles. The zero-order valence-corrected chi connectivity index (χ0v) is 11.1. The second kappa shape index (κ2) is 4.66. The molecule has 1 aliphatic heterocycles. The highest BCUT2D eigenvalue weighted by molar-refractivity contribution is 5.27. The fourth-order valence-corrected chi connectivity index (χ4v) is 2.82. The number of anilines is 1. The average molecular weight is 257 g/mol.